The van der Waals surface area contributed by atoms with Crippen molar-refractivity contribution in [1.29, 1.82) is 0 Å². The van der Waals surface area contributed by atoms with Gasteiger partial charge in [-0.1, -0.05) is 5.16 Å². The molecule has 8 nitrogen and oxygen atoms in total. The average Bonchev–Trinajstić information content (AvgIpc) is 3.37. The van der Waals surface area contributed by atoms with Gasteiger partial charge in [0.05, 0.1) is 18.7 Å². The summed E-state index contributed by atoms with van der Waals surface area (Å²) in [5.74, 6) is 1.47. The molecule has 138 valence electrons. The SMILES string of the molecule is Cc1noc(C)c1CC(=O)N1CCc2c(c(NC(=O)C3CC3)nn2C)C1. The molecule has 1 aliphatic carbocycles. The van der Waals surface area contributed by atoms with Crippen molar-refractivity contribution in [2.24, 2.45) is 13.0 Å². The highest BCUT2D eigenvalue weighted by molar-refractivity contribution is 5.94. The predicted octanol–water partition coefficient (Wildman–Crippen LogP) is 1.50. The zero-order valence-corrected chi connectivity index (χ0v) is 15.3. The van der Waals surface area contributed by atoms with Crippen LogP contribution in [0.15, 0.2) is 4.52 Å². The summed E-state index contributed by atoms with van der Waals surface area (Å²) in [4.78, 5) is 26.7. The van der Waals surface area contributed by atoms with E-state index < -0.39 is 0 Å². The van der Waals surface area contributed by atoms with E-state index in [0.717, 1.165) is 41.8 Å². The number of nitrogens with zero attached hydrogens (tertiary/aromatic N) is 4. The molecular weight excluding hydrogens is 334 g/mol. The highest BCUT2D eigenvalue weighted by Crippen LogP contribution is 2.32. The summed E-state index contributed by atoms with van der Waals surface area (Å²) in [5.41, 5.74) is 3.64. The average molecular weight is 357 g/mol. The minimum Gasteiger partial charge on any atom is -0.361 e. The van der Waals surface area contributed by atoms with Crippen LogP contribution in [0.3, 0.4) is 0 Å². The Kier molecular flexibility index (Phi) is 4.05. The van der Waals surface area contributed by atoms with Gasteiger partial charge in [0.1, 0.15) is 5.76 Å². The largest absolute Gasteiger partial charge is 0.361 e. The summed E-state index contributed by atoms with van der Waals surface area (Å²) in [6.45, 7) is 4.78. The number of fused-ring (bicyclic) bond motifs is 1. The van der Waals surface area contributed by atoms with E-state index in [0.29, 0.717) is 24.7 Å². The maximum Gasteiger partial charge on any atom is 0.228 e. The topological polar surface area (TPSA) is 93.3 Å². The Morgan fingerprint density at radius 1 is 1.31 bits per heavy atom. The van der Waals surface area contributed by atoms with Gasteiger partial charge in [-0.15, -0.1) is 0 Å². The second-order valence-corrected chi connectivity index (χ2v) is 7.21. The van der Waals surface area contributed by atoms with Crippen LogP contribution in [-0.4, -0.2) is 38.2 Å². The highest BCUT2D eigenvalue weighted by Gasteiger charge is 2.33. The van der Waals surface area contributed by atoms with Gasteiger partial charge < -0.3 is 14.7 Å². The molecule has 0 spiro atoms. The Labute approximate surface area is 151 Å². The molecule has 1 fully saturated rings. The van der Waals surface area contributed by atoms with Crippen LogP contribution in [0.25, 0.3) is 0 Å². The smallest absolute Gasteiger partial charge is 0.228 e. The molecule has 1 saturated carbocycles. The molecule has 8 heteroatoms. The molecule has 0 bridgehead atoms. The molecular formula is C18H23N5O3. The number of amides is 2. The fourth-order valence-corrected chi connectivity index (χ4v) is 3.49. The summed E-state index contributed by atoms with van der Waals surface area (Å²) >= 11 is 0. The van der Waals surface area contributed by atoms with Gasteiger partial charge in [0.15, 0.2) is 5.82 Å². The molecule has 3 heterocycles. The van der Waals surface area contributed by atoms with E-state index in [1.54, 1.807) is 0 Å². The van der Waals surface area contributed by atoms with Gasteiger partial charge in [0.25, 0.3) is 0 Å². The van der Waals surface area contributed by atoms with Crippen molar-refractivity contribution in [3.8, 4) is 0 Å². The van der Waals surface area contributed by atoms with E-state index in [4.69, 9.17) is 4.52 Å². The van der Waals surface area contributed by atoms with Crippen molar-refractivity contribution < 1.29 is 14.1 Å². The molecule has 0 unspecified atom stereocenters. The number of hydrogen-bond donors (Lipinski definition) is 1. The zero-order chi connectivity index (χ0) is 18.4. The summed E-state index contributed by atoms with van der Waals surface area (Å²) in [5, 5.41) is 11.3. The molecule has 0 aromatic carbocycles. The summed E-state index contributed by atoms with van der Waals surface area (Å²) < 4.78 is 6.97. The van der Waals surface area contributed by atoms with E-state index in [9.17, 15) is 9.59 Å². The number of hydrogen-bond acceptors (Lipinski definition) is 5. The molecule has 2 aromatic rings. The van der Waals surface area contributed by atoms with Gasteiger partial charge in [0, 0.05) is 42.8 Å². The maximum atomic E-state index is 12.8. The second kappa shape index (κ2) is 6.26. The molecule has 1 N–H and O–H groups in total. The van der Waals surface area contributed by atoms with Crippen molar-refractivity contribution in [2.75, 3.05) is 11.9 Å². The summed E-state index contributed by atoms with van der Waals surface area (Å²) in [6.07, 6.45) is 2.90. The van der Waals surface area contributed by atoms with E-state index >= 15 is 0 Å². The Hall–Kier alpha value is -2.64. The standard InChI is InChI=1S/C18H23N5O3/c1-10-13(11(2)26-21-10)8-16(24)23-7-6-15-14(9-23)17(20-22(15)3)19-18(25)12-4-5-12/h12H,4-9H2,1-3H3,(H,19,20,25). The number of anilines is 1. The molecule has 0 saturated heterocycles. The van der Waals surface area contributed by atoms with Crippen LogP contribution in [0.1, 0.15) is 41.1 Å². The monoisotopic (exact) mass is 357 g/mol. The first-order chi connectivity index (χ1) is 12.4. The van der Waals surface area contributed by atoms with Gasteiger partial charge >= 0.3 is 0 Å². The number of carbonyl (C=O) groups is 2. The molecule has 4 rings (SSSR count). The molecule has 0 atom stereocenters. The lowest BCUT2D eigenvalue weighted by molar-refractivity contribution is -0.131. The van der Waals surface area contributed by atoms with Gasteiger partial charge in [-0.25, -0.2) is 0 Å². The Morgan fingerprint density at radius 3 is 2.73 bits per heavy atom. The number of carbonyl (C=O) groups excluding carboxylic acids is 2. The van der Waals surface area contributed by atoms with E-state index in [2.05, 4.69) is 15.6 Å². The molecule has 2 aliphatic rings. The fraction of sp³-hybridized carbons (Fsp3) is 0.556. The minimum absolute atomic E-state index is 0.0325. The Balaban J connectivity index is 1.51. The number of rotatable bonds is 4. The number of aryl methyl sites for hydroxylation is 3. The quantitative estimate of drug-likeness (QED) is 0.895. The molecule has 2 aromatic heterocycles. The first-order valence-corrected chi connectivity index (χ1v) is 8.99. The van der Waals surface area contributed by atoms with E-state index in [1.807, 2.05) is 30.5 Å². The normalized spacial score (nSPS) is 16.5. The van der Waals surface area contributed by atoms with E-state index in [-0.39, 0.29) is 24.2 Å². The van der Waals surface area contributed by atoms with Crippen LogP contribution in [0.5, 0.6) is 0 Å². The fourth-order valence-electron chi connectivity index (χ4n) is 3.49. The molecule has 1 aliphatic heterocycles. The van der Waals surface area contributed by atoms with Crippen molar-refractivity contribution in [2.45, 2.75) is 46.1 Å². The van der Waals surface area contributed by atoms with Crippen molar-refractivity contribution in [3.63, 3.8) is 0 Å². The van der Waals surface area contributed by atoms with Crippen LogP contribution in [-0.2, 0) is 36.0 Å². The van der Waals surface area contributed by atoms with Gasteiger partial charge in [-0.2, -0.15) is 5.10 Å². The lowest BCUT2D eigenvalue weighted by Gasteiger charge is -2.27. The van der Waals surface area contributed by atoms with Crippen LogP contribution in [0.2, 0.25) is 0 Å². The highest BCUT2D eigenvalue weighted by atomic mass is 16.5. The first kappa shape index (κ1) is 16.8. The van der Waals surface area contributed by atoms with Crippen LogP contribution >= 0.6 is 0 Å². The Morgan fingerprint density at radius 2 is 2.08 bits per heavy atom. The van der Waals surface area contributed by atoms with Crippen LogP contribution in [0, 0.1) is 19.8 Å². The lowest BCUT2D eigenvalue weighted by Crippen LogP contribution is -2.37. The van der Waals surface area contributed by atoms with Crippen molar-refractivity contribution >= 4 is 17.6 Å². The summed E-state index contributed by atoms with van der Waals surface area (Å²) in [6, 6.07) is 0. The van der Waals surface area contributed by atoms with Crippen LogP contribution < -0.4 is 5.32 Å². The third-order valence-corrected chi connectivity index (χ3v) is 5.29. The lowest BCUT2D eigenvalue weighted by atomic mass is 10.0. The number of aromatic nitrogens is 3. The predicted molar refractivity (Wildman–Crippen MR) is 93.4 cm³/mol. The van der Waals surface area contributed by atoms with Gasteiger partial charge in [0.2, 0.25) is 11.8 Å². The van der Waals surface area contributed by atoms with E-state index in [1.165, 1.54) is 0 Å². The summed E-state index contributed by atoms with van der Waals surface area (Å²) in [7, 11) is 1.88. The third-order valence-electron chi connectivity index (χ3n) is 5.29. The second-order valence-electron chi connectivity index (χ2n) is 7.21. The maximum absolute atomic E-state index is 12.8. The van der Waals surface area contributed by atoms with Gasteiger partial charge in [-0.05, 0) is 26.7 Å². The van der Waals surface area contributed by atoms with Crippen LogP contribution in [0.4, 0.5) is 5.82 Å². The number of nitrogens with one attached hydrogen (secondary N) is 1. The minimum atomic E-state index is 0.0325. The van der Waals surface area contributed by atoms with Crippen molar-refractivity contribution in [1.82, 2.24) is 19.8 Å². The third kappa shape index (κ3) is 3.00. The van der Waals surface area contributed by atoms with Crippen molar-refractivity contribution in [3.05, 3.63) is 28.3 Å². The molecule has 2 amide bonds. The zero-order valence-electron chi connectivity index (χ0n) is 15.3. The Bertz CT molecular complexity index is 858. The molecule has 0 radical (unpaired) electrons. The molecule has 26 heavy (non-hydrogen) atoms. The first-order valence-electron chi connectivity index (χ1n) is 8.99. The van der Waals surface area contributed by atoms with Gasteiger partial charge in [-0.3, -0.25) is 14.3 Å².